The minimum Gasteiger partial charge on any atom is -0.480 e. The van der Waals surface area contributed by atoms with Crippen LogP contribution in [0.1, 0.15) is 24.5 Å². The Morgan fingerprint density at radius 1 is 1.18 bits per heavy atom. The Morgan fingerprint density at radius 3 is 2.50 bits per heavy atom. The SMILES string of the molecule is CC[C@H](Oc1cccc(C)c1C)C(=O)Nc1ccc(Cl)cc1. The Morgan fingerprint density at radius 2 is 1.86 bits per heavy atom. The molecule has 0 aliphatic carbocycles. The molecule has 0 radical (unpaired) electrons. The predicted molar refractivity (Wildman–Crippen MR) is 90.7 cm³/mol. The normalized spacial score (nSPS) is 11.8. The van der Waals surface area contributed by atoms with E-state index in [1.807, 2.05) is 39.0 Å². The third-order valence-electron chi connectivity index (χ3n) is 3.60. The number of nitrogens with one attached hydrogen (secondary N) is 1. The lowest BCUT2D eigenvalue weighted by molar-refractivity contribution is -0.122. The number of hydrogen-bond donors (Lipinski definition) is 1. The molecule has 22 heavy (non-hydrogen) atoms. The summed E-state index contributed by atoms with van der Waals surface area (Å²) in [6.07, 6.45) is 0.0588. The molecule has 2 aromatic carbocycles. The number of hydrogen-bond acceptors (Lipinski definition) is 2. The fourth-order valence-electron chi connectivity index (χ4n) is 2.08. The van der Waals surface area contributed by atoms with Gasteiger partial charge < -0.3 is 10.1 Å². The Kier molecular flexibility index (Phi) is 5.45. The van der Waals surface area contributed by atoms with Crippen LogP contribution in [0.5, 0.6) is 5.75 Å². The molecule has 0 aromatic heterocycles. The molecule has 2 rings (SSSR count). The van der Waals surface area contributed by atoms with Crippen LogP contribution in [0.15, 0.2) is 42.5 Å². The minimum atomic E-state index is -0.531. The number of ether oxygens (including phenoxy) is 1. The van der Waals surface area contributed by atoms with Gasteiger partial charge in [-0.2, -0.15) is 0 Å². The minimum absolute atomic E-state index is 0.161. The Bertz CT molecular complexity index is 653. The molecule has 4 heteroatoms. The van der Waals surface area contributed by atoms with E-state index in [-0.39, 0.29) is 5.91 Å². The maximum atomic E-state index is 12.4. The third kappa shape index (κ3) is 4.01. The van der Waals surface area contributed by atoms with Gasteiger partial charge >= 0.3 is 0 Å². The van der Waals surface area contributed by atoms with Crippen molar-refractivity contribution in [2.75, 3.05) is 5.32 Å². The summed E-state index contributed by atoms with van der Waals surface area (Å²) in [6.45, 7) is 5.95. The summed E-state index contributed by atoms with van der Waals surface area (Å²) in [5, 5.41) is 3.49. The topological polar surface area (TPSA) is 38.3 Å². The quantitative estimate of drug-likeness (QED) is 0.864. The second-order valence-electron chi connectivity index (χ2n) is 5.21. The fourth-order valence-corrected chi connectivity index (χ4v) is 2.21. The van der Waals surface area contributed by atoms with Crippen molar-refractivity contribution in [3.63, 3.8) is 0 Å². The highest BCUT2D eigenvalue weighted by Crippen LogP contribution is 2.23. The first-order valence-electron chi connectivity index (χ1n) is 7.30. The standard InChI is InChI=1S/C18H20ClNO2/c1-4-16(22-17-7-5-6-12(2)13(17)3)18(21)20-15-10-8-14(19)9-11-15/h5-11,16H,4H2,1-3H3,(H,20,21)/t16-/m0/s1. The number of aryl methyl sites for hydroxylation is 1. The Hall–Kier alpha value is -2.00. The number of halogens is 1. The van der Waals surface area contributed by atoms with Crippen molar-refractivity contribution in [2.24, 2.45) is 0 Å². The van der Waals surface area contributed by atoms with Crippen LogP contribution in [0.4, 0.5) is 5.69 Å². The number of rotatable bonds is 5. The van der Waals surface area contributed by atoms with E-state index in [9.17, 15) is 4.79 Å². The van der Waals surface area contributed by atoms with Crippen LogP contribution in [0.2, 0.25) is 5.02 Å². The molecule has 2 aromatic rings. The molecule has 0 aliphatic heterocycles. The van der Waals surface area contributed by atoms with Crippen LogP contribution in [0.3, 0.4) is 0 Å². The van der Waals surface area contributed by atoms with Gasteiger partial charge in [-0.25, -0.2) is 0 Å². The zero-order valence-corrected chi connectivity index (χ0v) is 13.8. The molecule has 0 fully saturated rings. The van der Waals surface area contributed by atoms with E-state index < -0.39 is 6.10 Å². The average molecular weight is 318 g/mol. The van der Waals surface area contributed by atoms with Crippen LogP contribution in [0.25, 0.3) is 0 Å². The van der Waals surface area contributed by atoms with Crippen molar-refractivity contribution < 1.29 is 9.53 Å². The van der Waals surface area contributed by atoms with Gasteiger partial charge in [0.2, 0.25) is 0 Å². The smallest absolute Gasteiger partial charge is 0.265 e. The molecular formula is C18H20ClNO2. The summed E-state index contributed by atoms with van der Waals surface area (Å²) < 4.78 is 5.89. The summed E-state index contributed by atoms with van der Waals surface area (Å²) in [5.41, 5.74) is 2.91. The second-order valence-corrected chi connectivity index (χ2v) is 5.65. The molecule has 1 amide bonds. The number of carbonyl (C=O) groups is 1. The molecule has 1 atom stereocenters. The number of benzene rings is 2. The molecule has 0 saturated heterocycles. The van der Waals surface area contributed by atoms with Gasteiger partial charge in [0.25, 0.3) is 5.91 Å². The van der Waals surface area contributed by atoms with E-state index in [1.165, 1.54) is 0 Å². The maximum absolute atomic E-state index is 12.4. The van der Waals surface area contributed by atoms with Crippen molar-refractivity contribution in [2.45, 2.75) is 33.3 Å². The lowest BCUT2D eigenvalue weighted by Crippen LogP contribution is -2.32. The van der Waals surface area contributed by atoms with E-state index in [0.29, 0.717) is 17.1 Å². The molecule has 0 saturated carbocycles. The van der Waals surface area contributed by atoms with E-state index in [2.05, 4.69) is 5.32 Å². The Labute approximate surface area is 136 Å². The lowest BCUT2D eigenvalue weighted by Gasteiger charge is -2.19. The lowest BCUT2D eigenvalue weighted by atomic mass is 10.1. The van der Waals surface area contributed by atoms with Gasteiger partial charge in [0.1, 0.15) is 5.75 Å². The van der Waals surface area contributed by atoms with Crippen molar-refractivity contribution in [1.29, 1.82) is 0 Å². The predicted octanol–water partition coefficient (Wildman–Crippen LogP) is 4.75. The molecule has 3 nitrogen and oxygen atoms in total. The van der Waals surface area contributed by atoms with Gasteiger partial charge in [0, 0.05) is 10.7 Å². The van der Waals surface area contributed by atoms with Gasteiger partial charge in [-0.3, -0.25) is 4.79 Å². The molecule has 0 unspecified atom stereocenters. The maximum Gasteiger partial charge on any atom is 0.265 e. The molecule has 0 bridgehead atoms. The first-order valence-corrected chi connectivity index (χ1v) is 7.68. The van der Waals surface area contributed by atoms with Crippen molar-refractivity contribution >= 4 is 23.2 Å². The summed E-state index contributed by atoms with van der Waals surface area (Å²) in [7, 11) is 0. The first-order chi connectivity index (χ1) is 10.5. The highest BCUT2D eigenvalue weighted by atomic mass is 35.5. The second kappa shape index (κ2) is 7.32. The van der Waals surface area contributed by atoms with Gasteiger partial charge in [0.15, 0.2) is 6.10 Å². The van der Waals surface area contributed by atoms with Crippen molar-refractivity contribution in [3.8, 4) is 5.75 Å². The van der Waals surface area contributed by atoms with Gasteiger partial charge in [-0.1, -0.05) is 30.7 Å². The Balaban J connectivity index is 2.09. The van der Waals surface area contributed by atoms with Crippen molar-refractivity contribution in [3.05, 3.63) is 58.6 Å². The molecule has 1 N–H and O–H groups in total. The highest BCUT2D eigenvalue weighted by Gasteiger charge is 2.19. The first kappa shape index (κ1) is 16.4. The fraction of sp³-hybridized carbons (Fsp3) is 0.278. The van der Waals surface area contributed by atoms with Crippen LogP contribution in [-0.2, 0) is 4.79 Å². The number of amides is 1. The summed E-state index contributed by atoms with van der Waals surface area (Å²) in [5.74, 6) is 0.587. The van der Waals surface area contributed by atoms with E-state index >= 15 is 0 Å². The van der Waals surface area contributed by atoms with E-state index in [0.717, 1.165) is 16.9 Å². The third-order valence-corrected chi connectivity index (χ3v) is 3.85. The zero-order chi connectivity index (χ0) is 16.1. The van der Waals surface area contributed by atoms with Crippen LogP contribution >= 0.6 is 11.6 Å². The van der Waals surface area contributed by atoms with Crippen LogP contribution < -0.4 is 10.1 Å². The number of carbonyl (C=O) groups excluding carboxylic acids is 1. The monoisotopic (exact) mass is 317 g/mol. The summed E-state index contributed by atoms with van der Waals surface area (Å²) in [6, 6.07) is 12.9. The molecule has 0 spiro atoms. The van der Waals surface area contributed by atoms with Gasteiger partial charge in [-0.15, -0.1) is 0 Å². The van der Waals surface area contributed by atoms with Crippen LogP contribution in [0, 0.1) is 13.8 Å². The summed E-state index contributed by atoms with van der Waals surface area (Å²) >= 11 is 5.84. The molecular weight excluding hydrogens is 298 g/mol. The number of anilines is 1. The molecule has 116 valence electrons. The highest BCUT2D eigenvalue weighted by molar-refractivity contribution is 6.30. The average Bonchev–Trinajstić information content (AvgIpc) is 2.51. The van der Waals surface area contributed by atoms with E-state index in [1.54, 1.807) is 24.3 Å². The van der Waals surface area contributed by atoms with Crippen molar-refractivity contribution in [1.82, 2.24) is 0 Å². The van der Waals surface area contributed by atoms with E-state index in [4.69, 9.17) is 16.3 Å². The summed E-state index contributed by atoms with van der Waals surface area (Å²) in [4.78, 5) is 12.4. The van der Waals surface area contributed by atoms with Gasteiger partial charge in [0.05, 0.1) is 0 Å². The molecule has 0 heterocycles. The largest absolute Gasteiger partial charge is 0.480 e. The molecule has 0 aliphatic rings. The van der Waals surface area contributed by atoms with Crippen LogP contribution in [-0.4, -0.2) is 12.0 Å². The van der Waals surface area contributed by atoms with Gasteiger partial charge in [-0.05, 0) is 61.7 Å². The zero-order valence-electron chi connectivity index (χ0n) is 13.0.